The lowest BCUT2D eigenvalue weighted by molar-refractivity contribution is 0.264. The first-order valence-electron chi connectivity index (χ1n) is 11.3. The average Bonchev–Trinajstić information content (AvgIpc) is 3.80. The lowest BCUT2D eigenvalue weighted by Crippen LogP contribution is -2.04. The van der Waals surface area contributed by atoms with Crippen LogP contribution in [0.1, 0.15) is 0 Å². The molecule has 2 aliphatic heterocycles. The number of para-hydroxylation sites is 1. The summed E-state index contributed by atoms with van der Waals surface area (Å²) >= 11 is 0. The maximum absolute atomic E-state index is 6.29. The van der Waals surface area contributed by atoms with Crippen LogP contribution in [-0.4, -0.2) is 38.6 Å². The second-order valence-electron chi connectivity index (χ2n) is 8.61. The Labute approximate surface area is 190 Å². The van der Waals surface area contributed by atoms with E-state index in [4.69, 9.17) is 23.4 Å². The van der Waals surface area contributed by atoms with Crippen LogP contribution in [0.4, 0.5) is 0 Å². The van der Waals surface area contributed by atoms with E-state index in [9.17, 15) is 0 Å². The van der Waals surface area contributed by atoms with Gasteiger partial charge < -0.3 is 23.4 Å². The van der Waals surface area contributed by atoms with Crippen molar-refractivity contribution in [1.82, 2.24) is 0 Å². The molecule has 2 aliphatic rings. The fourth-order valence-electron chi connectivity index (χ4n) is 4.56. The summed E-state index contributed by atoms with van der Waals surface area (Å²) in [6.07, 6.45) is 2.22. The van der Waals surface area contributed by atoms with Crippen LogP contribution in [0.25, 0.3) is 43.6 Å². The topological polar surface area (TPSA) is 56.7 Å². The first-order valence-corrected chi connectivity index (χ1v) is 11.3. The van der Waals surface area contributed by atoms with E-state index in [1.54, 1.807) is 0 Å². The molecule has 0 N–H and O–H groups in total. The second kappa shape index (κ2) is 7.51. The van der Waals surface area contributed by atoms with Crippen LogP contribution in [0.3, 0.4) is 0 Å². The number of furan rings is 1. The van der Waals surface area contributed by atoms with Gasteiger partial charge in [-0.05, 0) is 28.3 Å². The van der Waals surface area contributed by atoms with Gasteiger partial charge in [0.1, 0.15) is 42.5 Å². The molecule has 7 rings (SSSR count). The van der Waals surface area contributed by atoms with E-state index < -0.39 is 0 Å². The highest BCUT2D eigenvalue weighted by atomic mass is 16.6. The van der Waals surface area contributed by atoms with Gasteiger partial charge >= 0.3 is 0 Å². The first-order chi connectivity index (χ1) is 16.4. The van der Waals surface area contributed by atoms with Crippen molar-refractivity contribution in [3.8, 4) is 22.6 Å². The van der Waals surface area contributed by atoms with Gasteiger partial charge in [0, 0.05) is 16.5 Å². The molecule has 3 heterocycles. The zero-order valence-corrected chi connectivity index (χ0v) is 18.0. The fraction of sp³-hybridized carbons (Fsp3) is 0.214. The molecule has 0 aliphatic carbocycles. The minimum Gasteiger partial charge on any atom is -0.490 e. The van der Waals surface area contributed by atoms with Crippen LogP contribution >= 0.6 is 0 Å². The molecule has 2 unspecified atom stereocenters. The van der Waals surface area contributed by atoms with Gasteiger partial charge in [0.25, 0.3) is 0 Å². The van der Waals surface area contributed by atoms with Gasteiger partial charge in [-0.3, -0.25) is 0 Å². The largest absolute Gasteiger partial charge is 0.490 e. The van der Waals surface area contributed by atoms with Gasteiger partial charge in [0.05, 0.1) is 24.9 Å². The number of fused-ring (bicyclic) bond motifs is 6. The van der Waals surface area contributed by atoms with E-state index in [1.165, 1.54) is 5.39 Å². The molecular formula is C28H22O5. The molecule has 0 spiro atoms. The maximum atomic E-state index is 6.29. The fourth-order valence-corrected chi connectivity index (χ4v) is 4.56. The molecule has 0 amide bonds. The minimum absolute atomic E-state index is 0.183. The third kappa shape index (κ3) is 3.32. The smallest absolute Gasteiger partial charge is 0.146 e. The van der Waals surface area contributed by atoms with Crippen LogP contribution in [0.5, 0.6) is 11.5 Å². The zero-order chi connectivity index (χ0) is 21.8. The summed E-state index contributed by atoms with van der Waals surface area (Å²) in [7, 11) is 0. The van der Waals surface area contributed by atoms with Gasteiger partial charge in [0.15, 0.2) is 0 Å². The second-order valence-corrected chi connectivity index (χ2v) is 8.61. The van der Waals surface area contributed by atoms with E-state index >= 15 is 0 Å². The van der Waals surface area contributed by atoms with Crippen LogP contribution < -0.4 is 9.47 Å². The predicted molar refractivity (Wildman–Crippen MR) is 127 cm³/mol. The summed E-state index contributed by atoms with van der Waals surface area (Å²) in [6, 6.07) is 22.8. The Hall–Kier alpha value is -3.54. The number of epoxide rings is 2. The monoisotopic (exact) mass is 438 g/mol. The Morgan fingerprint density at radius 1 is 0.636 bits per heavy atom. The van der Waals surface area contributed by atoms with Crippen LogP contribution in [0.2, 0.25) is 0 Å². The Bertz CT molecular complexity index is 1490. The van der Waals surface area contributed by atoms with Gasteiger partial charge in [0.2, 0.25) is 0 Å². The standard InChI is InChI=1S/C28H22O5/c1-2-8-21-19(6-1)22-9-5-11-25(32-15-18-13-30-18)27(22)28-26(21)23(16-33-28)20-7-3-4-10-24(20)31-14-17-12-29-17/h1-11,16-18H,12-15H2. The minimum atomic E-state index is 0.183. The van der Waals surface area contributed by atoms with Crippen LogP contribution in [0.15, 0.2) is 77.4 Å². The van der Waals surface area contributed by atoms with Crippen molar-refractivity contribution in [3.05, 3.63) is 73.0 Å². The van der Waals surface area contributed by atoms with Crippen molar-refractivity contribution >= 4 is 32.5 Å². The Balaban J connectivity index is 1.48. The molecule has 5 heteroatoms. The van der Waals surface area contributed by atoms with E-state index in [1.807, 2.05) is 36.6 Å². The quantitative estimate of drug-likeness (QED) is 0.232. The lowest BCUT2D eigenvalue weighted by Gasteiger charge is -2.13. The van der Waals surface area contributed by atoms with Crippen LogP contribution in [0, 0.1) is 0 Å². The molecule has 0 radical (unpaired) electrons. The maximum Gasteiger partial charge on any atom is 0.146 e. The molecule has 0 bridgehead atoms. The van der Waals surface area contributed by atoms with E-state index in [0.29, 0.717) is 13.2 Å². The summed E-state index contributed by atoms with van der Waals surface area (Å²) in [6.45, 7) is 2.62. The summed E-state index contributed by atoms with van der Waals surface area (Å²) in [4.78, 5) is 0. The molecule has 5 nitrogen and oxygen atoms in total. The van der Waals surface area contributed by atoms with Gasteiger partial charge in [-0.15, -0.1) is 0 Å². The van der Waals surface area contributed by atoms with Gasteiger partial charge in [-0.1, -0.05) is 54.6 Å². The molecule has 4 aromatic carbocycles. The summed E-state index contributed by atoms with van der Waals surface area (Å²) in [5, 5.41) is 5.48. The molecule has 2 atom stereocenters. The summed E-state index contributed by atoms with van der Waals surface area (Å²) in [5.74, 6) is 1.64. The van der Waals surface area contributed by atoms with Gasteiger partial charge in [-0.25, -0.2) is 0 Å². The summed E-state index contributed by atoms with van der Waals surface area (Å²) in [5.41, 5.74) is 2.84. The molecule has 1 aromatic heterocycles. The van der Waals surface area contributed by atoms with Crippen molar-refractivity contribution < 1.29 is 23.4 Å². The highest BCUT2D eigenvalue weighted by Gasteiger charge is 2.26. The average molecular weight is 438 g/mol. The van der Waals surface area contributed by atoms with Crippen molar-refractivity contribution in [1.29, 1.82) is 0 Å². The highest BCUT2D eigenvalue weighted by Crippen LogP contribution is 2.46. The van der Waals surface area contributed by atoms with Crippen molar-refractivity contribution in [2.24, 2.45) is 0 Å². The van der Waals surface area contributed by atoms with E-state index in [-0.39, 0.29) is 12.2 Å². The molecule has 2 fully saturated rings. The predicted octanol–water partition coefficient (Wildman–Crippen LogP) is 5.96. The van der Waals surface area contributed by atoms with E-state index in [2.05, 4.69) is 36.4 Å². The van der Waals surface area contributed by atoms with Crippen LogP contribution in [-0.2, 0) is 9.47 Å². The van der Waals surface area contributed by atoms with Crippen molar-refractivity contribution in [3.63, 3.8) is 0 Å². The highest BCUT2D eigenvalue weighted by molar-refractivity contribution is 6.28. The SMILES string of the molecule is c1ccc(-c2coc3c4c(OCC5CO5)cccc4c4ccccc4c23)c(OCC2CO2)c1. The van der Waals surface area contributed by atoms with Crippen molar-refractivity contribution in [2.45, 2.75) is 12.2 Å². The first kappa shape index (κ1) is 19.0. The number of rotatable bonds is 7. The third-order valence-electron chi connectivity index (χ3n) is 6.36. The number of benzene rings is 4. The molecule has 5 aromatic rings. The normalized spacial score (nSPS) is 19.3. The number of hydrogen-bond acceptors (Lipinski definition) is 5. The van der Waals surface area contributed by atoms with Crippen molar-refractivity contribution in [2.75, 3.05) is 26.4 Å². The third-order valence-corrected chi connectivity index (χ3v) is 6.36. The molecule has 2 saturated heterocycles. The molecular weight excluding hydrogens is 416 g/mol. The Kier molecular flexibility index (Phi) is 4.32. The van der Waals surface area contributed by atoms with Gasteiger partial charge in [-0.2, -0.15) is 0 Å². The molecule has 164 valence electrons. The summed E-state index contributed by atoms with van der Waals surface area (Å²) < 4.78 is 29.3. The van der Waals surface area contributed by atoms with E-state index in [0.717, 1.165) is 63.0 Å². The molecule has 0 saturated carbocycles. The molecule has 33 heavy (non-hydrogen) atoms. The number of ether oxygens (including phenoxy) is 4. The Morgan fingerprint density at radius 3 is 2.03 bits per heavy atom. The number of hydrogen-bond donors (Lipinski definition) is 0. The zero-order valence-electron chi connectivity index (χ0n) is 18.0. The lowest BCUT2D eigenvalue weighted by atomic mass is 9.94. The Morgan fingerprint density at radius 2 is 1.24 bits per heavy atom.